The number of nitro benzene ring substituents is 1. The minimum atomic E-state index is -0.949. The van der Waals surface area contributed by atoms with Gasteiger partial charge in [0.25, 0.3) is 11.6 Å². The Kier molecular flexibility index (Phi) is 4.03. The number of anilines is 1. The third kappa shape index (κ3) is 3.04. The van der Waals surface area contributed by atoms with Gasteiger partial charge < -0.3 is 10.1 Å². The molecule has 0 aliphatic carbocycles. The highest BCUT2D eigenvalue weighted by atomic mass is 16.6. The standard InChI is InChI=1S/C12H16N2O4/c1-8-7-9(5-6-10(8)14(16)17)13-11(15)12(2,3)18-4/h5-7H,1-4H3,(H,13,15). The number of carbonyl (C=O) groups is 1. The second kappa shape index (κ2) is 5.14. The molecule has 0 saturated heterocycles. The topological polar surface area (TPSA) is 81.5 Å². The van der Waals surface area contributed by atoms with Gasteiger partial charge in [-0.25, -0.2) is 0 Å². The maximum atomic E-state index is 11.8. The number of amides is 1. The number of methoxy groups -OCH3 is 1. The maximum absolute atomic E-state index is 11.8. The molecule has 1 aromatic carbocycles. The van der Waals surface area contributed by atoms with Crippen LogP contribution in [0.25, 0.3) is 0 Å². The third-order valence-electron chi connectivity index (χ3n) is 2.71. The molecule has 6 heteroatoms. The van der Waals surface area contributed by atoms with E-state index in [1.165, 1.54) is 19.2 Å². The van der Waals surface area contributed by atoms with Gasteiger partial charge in [0.2, 0.25) is 0 Å². The van der Waals surface area contributed by atoms with Crippen LogP contribution in [0.4, 0.5) is 11.4 Å². The number of nitro groups is 1. The van der Waals surface area contributed by atoms with Crippen molar-refractivity contribution in [2.45, 2.75) is 26.4 Å². The van der Waals surface area contributed by atoms with Gasteiger partial charge in [0.15, 0.2) is 0 Å². The van der Waals surface area contributed by atoms with E-state index in [0.29, 0.717) is 11.3 Å². The van der Waals surface area contributed by atoms with Crippen LogP contribution in [-0.4, -0.2) is 23.5 Å². The molecule has 1 amide bonds. The summed E-state index contributed by atoms with van der Waals surface area (Å²) in [4.78, 5) is 22.0. The van der Waals surface area contributed by atoms with E-state index in [4.69, 9.17) is 4.74 Å². The van der Waals surface area contributed by atoms with Crippen molar-refractivity contribution < 1.29 is 14.5 Å². The van der Waals surface area contributed by atoms with E-state index < -0.39 is 10.5 Å². The van der Waals surface area contributed by atoms with Crippen molar-refractivity contribution >= 4 is 17.3 Å². The first-order valence-electron chi connectivity index (χ1n) is 5.39. The first-order chi connectivity index (χ1) is 8.27. The summed E-state index contributed by atoms with van der Waals surface area (Å²) in [7, 11) is 1.45. The van der Waals surface area contributed by atoms with Crippen LogP contribution in [-0.2, 0) is 9.53 Å². The highest BCUT2D eigenvalue weighted by Crippen LogP contribution is 2.22. The molecule has 0 atom stereocenters. The fourth-order valence-electron chi connectivity index (χ4n) is 1.31. The average Bonchev–Trinajstić information content (AvgIpc) is 2.28. The molecule has 0 saturated carbocycles. The molecule has 0 heterocycles. The summed E-state index contributed by atoms with van der Waals surface area (Å²) in [5.74, 6) is -0.307. The van der Waals surface area contributed by atoms with Gasteiger partial charge in [-0.2, -0.15) is 0 Å². The molecular formula is C12H16N2O4. The monoisotopic (exact) mass is 252 g/mol. The number of nitrogens with zero attached hydrogens (tertiary/aromatic N) is 1. The van der Waals surface area contributed by atoms with Crippen molar-refractivity contribution in [1.82, 2.24) is 0 Å². The predicted octanol–water partition coefficient (Wildman–Crippen LogP) is 2.27. The molecule has 0 aliphatic rings. The fraction of sp³-hybridized carbons (Fsp3) is 0.417. The minimum Gasteiger partial charge on any atom is -0.369 e. The highest BCUT2D eigenvalue weighted by Gasteiger charge is 2.27. The molecule has 0 unspecified atom stereocenters. The summed E-state index contributed by atoms with van der Waals surface area (Å²) in [6, 6.07) is 4.42. The van der Waals surface area contributed by atoms with Gasteiger partial charge in [-0.05, 0) is 32.9 Å². The van der Waals surface area contributed by atoms with E-state index in [1.807, 2.05) is 0 Å². The lowest BCUT2D eigenvalue weighted by atomic mass is 10.1. The first-order valence-corrected chi connectivity index (χ1v) is 5.39. The first kappa shape index (κ1) is 14.1. The summed E-state index contributed by atoms with van der Waals surface area (Å²) in [6.07, 6.45) is 0. The van der Waals surface area contributed by atoms with E-state index in [9.17, 15) is 14.9 Å². The number of hydrogen-bond acceptors (Lipinski definition) is 4. The van der Waals surface area contributed by atoms with E-state index in [1.54, 1.807) is 26.8 Å². The Bertz CT molecular complexity index is 483. The van der Waals surface area contributed by atoms with Crippen LogP contribution in [0.5, 0.6) is 0 Å². The molecule has 0 aromatic heterocycles. The van der Waals surface area contributed by atoms with Gasteiger partial charge in [-0.1, -0.05) is 0 Å². The van der Waals surface area contributed by atoms with Crippen LogP contribution < -0.4 is 5.32 Å². The number of ether oxygens (including phenoxy) is 1. The van der Waals surface area contributed by atoms with Gasteiger partial charge in [-0.15, -0.1) is 0 Å². The summed E-state index contributed by atoms with van der Waals surface area (Å²) in [6.45, 7) is 4.90. The van der Waals surface area contributed by atoms with E-state index in [2.05, 4.69) is 5.32 Å². The van der Waals surface area contributed by atoms with Crippen LogP contribution in [0.15, 0.2) is 18.2 Å². The molecule has 1 aromatic rings. The van der Waals surface area contributed by atoms with Crippen LogP contribution in [0, 0.1) is 17.0 Å². The predicted molar refractivity (Wildman–Crippen MR) is 67.6 cm³/mol. The van der Waals surface area contributed by atoms with Crippen molar-refractivity contribution in [1.29, 1.82) is 0 Å². The largest absolute Gasteiger partial charge is 0.369 e. The molecule has 98 valence electrons. The van der Waals surface area contributed by atoms with Crippen molar-refractivity contribution in [2.75, 3.05) is 12.4 Å². The molecule has 6 nitrogen and oxygen atoms in total. The number of hydrogen-bond donors (Lipinski definition) is 1. The van der Waals surface area contributed by atoms with Crippen LogP contribution in [0.3, 0.4) is 0 Å². The highest BCUT2D eigenvalue weighted by molar-refractivity contribution is 5.96. The number of carbonyl (C=O) groups excluding carboxylic acids is 1. The lowest BCUT2D eigenvalue weighted by Crippen LogP contribution is -2.38. The van der Waals surface area contributed by atoms with Gasteiger partial charge in [0.1, 0.15) is 5.60 Å². The van der Waals surface area contributed by atoms with E-state index in [0.717, 1.165) is 0 Å². The number of nitrogens with one attached hydrogen (secondary N) is 1. The number of rotatable bonds is 4. The molecule has 1 rings (SSSR count). The molecular weight excluding hydrogens is 236 g/mol. The molecule has 0 fully saturated rings. The maximum Gasteiger partial charge on any atom is 0.272 e. The third-order valence-corrected chi connectivity index (χ3v) is 2.71. The van der Waals surface area contributed by atoms with Crippen LogP contribution >= 0.6 is 0 Å². The lowest BCUT2D eigenvalue weighted by molar-refractivity contribution is -0.385. The minimum absolute atomic E-state index is 0.0269. The Morgan fingerprint density at radius 2 is 2.06 bits per heavy atom. The molecule has 0 spiro atoms. The van der Waals surface area contributed by atoms with Gasteiger partial charge >= 0.3 is 0 Å². The molecule has 0 bridgehead atoms. The molecule has 0 radical (unpaired) electrons. The second-order valence-electron chi connectivity index (χ2n) is 4.43. The zero-order valence-corrected chi connectivity index (χ0v) is 10.8. The SMILES string of the molecule is COC(C)(C)C(=O)Nc1ccc([N+](=O)[O-])c(C)c1. The van der Waals surface area contributed by atoms with Gasteiger partial charge in [0, 0.05) is 24.4 Å². The van der Waals surface area contributed by atoms with Crippen molar-refractivity contribution in [3.63, 3.8) is 0 Å². The smallest absolute Gasteiger partial charge is 0.272 e. The molecule has 0 aliphatic heterocycles. The van der Waals surface area contributed by atoms with Crippen molar-refractivity contribution in [3.05, 3.63) is 33.9 Å². The molecule has 18 heavy (non-hydrogen) atoms. The van der Waals surface area contributed by atoms with E-state index >= 15 is 0 Å². The quantitative estimate of drug-likeness (QED) is 0.658. The Hall–Kier alpha value is -1.95. The molecule has 1 N–H and O–H groups in total. The Morgan fingerprint density at radius 1 is 1.44 bits per heavy atom. The zero-order chi connectivity index (χ0) is 13.9. The van der Waals surface area contributed by atoms with Gasteiger partial charge in [-0.3, -0.25) is 14.9 Å². The Balaban J connectivity index is 2.91. The summed E-state index contributed by atoms with van der Waals surface area (Å²) in [5.41, 5.74) is 0.0793. The summed E-state index contributed by atoms with van der Waals surface area (Å²) < 4.78 is 5.04. The van der Waals surface area contributed by atoms with Crippen molar-refractivity contribution in [2.24, 2.45) is 0 Å². The van der Waals surface area contributed by atoms with Crippen molar-refractivity contribution in [3.8, 4) is 0 Å². The normalized spacial score (nSPS) is 11.1. The van der Waals surface area contributed by atoms with E-state index in [-0.39, 0.29) is 11.6 Å². The fourth-order valence-corrected chi connectivity index (χ4v) is 1.31. The summed E-state index contributed by atoms with van der Waals surface area (Å²) >= 11 is 0. The summed E-state index contributed by atoms with van der Waals surface area (Å²) in [5, 5.41) is 13.3. The van der Waals surface area contributed by atoms with Crippen LogP contribution in [0.1, 0.15) is 19.4 Å². The Labute approximate surface area is 105 Å². The number of aryl methyl sites for hydroxylation is 1. The zero-order valence-electron chi connectivity index (χ0n) is 10.8. The van der Waals surface area contributed by atoms with Crippen LogP contribution in [0.2, 0.25) is 0 Å². The Morgan fingerprint density at radius 3 is 2.50 bits per heavy atom. The van der Waals surface area contributed by atoms with Gasteiger partial charge in [0.05, 0.1) is 4.92 Å². The second-order valence-corrected chi connectivity index (χ2v) is 4.43. The lowest BCUT2D eigenvalue weighted by Gasteiger charge is -2.21. The average molecular weight is 252 g/mol. The number of benzene rings is 1.